The van der Waals surface area contributed by atoms with Crippen molar-refractivity contribution in [1.82, 2.24) is 10.0 Å². The summed E-state index contributed by atoms with van der Waals surface area (Å²) in [4.78, 5) is 12.8. The summed E-state index contributed by atoms with van der Waals surface area (Å²) in [6.07, 6.45) is 3.36. The number of benzene rings is 1. The minimum atomic E-state index is -3.53. The predicted octanol–water partition coefficient (Wildman–Crippen LogP) is 1.77. The Balaban J connectivity index is 1.47. The molecule has 1 aromatic rings. The molecule has 0 bridgehead atoms. The molecule has 1 aliphatic heterocycles. The Labute approximate surface area is 173 Å². The molecule has 3 rings (SSSR count). The maximum absolute atomic E-state index is 12.6. The first-order valence-corrected chi connectivity index (χ1v) is 13.4. The highest BCUT2D eigenvalue weighted by molar-refractivity contribution is 7.91. The number of amides is 1. The van der Waals surface area contributed by atoms with E-state index >= 15 is 0 Å². The van der Waals surface area contributed by atoms with E-state index in [2.05, 4.69) is 10.0 Å². The summed E-state index contributed by atoms with van der Waals surface area (Å²) in [7, 11) is -6.59. The fourth-order valence-corrected chi connectivity index (χ4v) is 7.37. The van der Waals surface area contributed by atoms with Crippen molar-refractivity contribution in [2.24, 2.45) is 11.8 Å². The SMILES string of the molecule is Cc1ccc(S(=O)(=O)NCC2CCC(C(=O)N[C@]3(C)CCS(=O)(=O)C3)CC2)cc1. The van der Waals surface area contributed by atoms with Crippen LogP contribution < -0.4 is 10.0 Å². The van der Waals surface area contributed by atoms with Gasteiger partial charge in [0.05, 0.1) is 21.9 Å². The van der Waals surface area contributed by atoms with Crippen LogP contribution in [-0.2, 0) is 24.7 Å². The van der Waals surface area contributed by atoms with E-state index in [1.807, 2.05) is 6.92 Å². The molecule has 1 saturated heterocycles. The van der Waals surface area contributed by atoms with Gasteiger partial charge in [0.15, 0.2) is 9.84 Å². The first kappa shape index (κ1) is 22.2. The van der Waals surface area contributed by atoms with Crippen molar-refractivity contribution in [2.75, 3.05) is 18.1 Å². The van der Waals surface area contributed by atoms with Crippen LogP contribution in [0.1, 0.15) is 44.6 Å². The second kappa shape index (κ2) is 8.35. The van der Waals surface area contributed by atoms with Gasteiger partial charge in [-0.1, -0.05) is 17.7 Å². The van der Waals surface area contributed by atoms with Crippen molar-refractivity contribution in [3.63, 3.8) is 0 Å². The van der Waals surface area contributed by atoms with Crippen molar-refractivity contribution < 1.29 is 21.6 Å². The normalized spacial score (nSPS) is 29.4. The lowest BCUT2D eigenvalue weighted by atomic mass is 9.81. The van der Waals surface area contributed by atoms with Gasteiger partial charge in [0.2, 0.25) is 15.9 Å². The number of rotatable bonds is 6. The van der Waals surface area contributed by atoms with Crippen molar-refractivity contribution in [2.45, 2.75) is 56.4 Å². The number of aryl methyl sites for hydroxylation is 1. The molecule has 1 heterocycles. The van der Waals surface area contributed by atoms with Crippen molar-refractivity contribution in [3.8, 4) is 0 Å². The van der Waals surface area contributed by atoms with Crippen LogP contribution in [0.2, 0.25) is 0 Å². The van der Waals surface area contributed by atoms with Gasteiger partial charge in [-0.25, -0.2) is 21.6 Å². The smallest absolute Gasteiger partial charge is 0.240 e. The van der Waals surface area contributed by atoms with E-state index in [-0.39, 0.29) is 34.1 Å². The van der Waals surface area contributed by atoms with E-state index in [0.717, 1.165) is 18.4 Å². The average Bonchev–Trinajstić information content (AvgIpc) is 2.93. The van der Waals surface area contributed by atoms with E-state index in [1.54, 1.807) is 31.2 Å². The molecule has 162 valence electrons. The molecule has 1 aromatic carbocycles. The number of hydrogen-bond acceptors (Lipinski definition) is 5. The molecular weight excluding hydrogens is 412 g/mol. The lowest BCUT2D eigenvalue weighted by Crippen LogP contribution is -2.49. The third kappa shape index (κ3) is 5.79. The molecule has 2 N–H and O–H groups in total. The summed E-state index contributed by atoms with van der Waals surface area (Å²) in [5.74, 6) is 0.101. The molecule has 0 unspecified atom stereocenters. The first-order chi connectivity index (χ1) is 13.5. The van der Waals surface area contributed by atoms with Gasteiger partial charge in [-0.3, -0.25) is 4.79 Å². The molecule has 9 heteroatoms. The predicted molar refractivity (Wildman–Crippen MR) is 112 cm³/mol. The van der Waals surface area contributed by atoms with Gasteiger partial charge in [-0.2, -0.15) is 0 Å². The number of nitrogens with one attached hydrogen (secondary N) is 2. The molecule has 2 fully saturated rings. The molecule has 0 spiro atoms. The highest BCUT2D eigenvalue weighted by Gasteiger charge is 2.40. The largest absolute Gasteiger partial charge is 0.350 e. The zero-order valence-electron chi connectivity index (χ0n) is 17.0. The highest BCUT2D eigenvalue weighted by Crippen LogP contribution is 2.30. The molecular formula is C20H30N2O5S2. The zero-order valence-corrected chi connectivity index (χ0v) is 18.6. The first-order valence-electron chi connectivity index (χ1n) is 10.1. The number of sulfone groups is 1. The molecule has 1 aliphatic carbocycles. The maximum atomic E-state index is 12.6. The highest BCUT2D eigenvalue weighted by atomic mass is 32.2. The number of carbonyl (C=O) groups is 1. The molecule has 0 aromatic heterocycles. The van der Waals surface area contributed by atoms with Gasteiger partial charge < -0.3 is 5.32 Å². The van der Waals surface area contributed by atoms with Gasteiger partial charge >= 0.3 is 0 Å². The van der Waals surface area contributed by atoms with Crippen molar-refractivity contribution >= 4 is 25.8 Å². The number of carbonyl (C=O) groups excluding carboxylic acids is 1. The summed E-state index contributed by atoms with van der Waals surface area (Å²) in [5, 5.41) is 2.95. The molecule has 1 amide bonds. The summed E-state index contributed by atoms with van der Waals surface area (Å²) in [5.41, 5.74) is 0.334. The Bertz CT molecular complexity index is 949. The lowest BCUT2D eigenvalue weighted by molar-refractivity contribution is -0.127. The zero-order chi connectivity index (χ0) is 21.3. The maximum Gasteiger partial charge on any atom is 0.240 e. The van der Waals surface area contributed by atoms with Crippen LogP contribution in [0.5, 0.6) is 0 Å². The third-order valence-electron chi connectivity index (χ3n) is 6.04. The van der Waals surface area contributed by atoms with Crippen LogP contribution in [-0.4, -0.2) is 46.3 Å². The van der Waals surface area contributed by atoms with Gasteiger partial charge in [-0.05, 0) is 64.0 Å². The summed E-state index contributed by atoms with van der Waals surface area (Å²) < 4.78 is 50.9. The van der Waals surface area contributed by atoms with Gasteiger partial charge in [-0.15, -0.1) is 0 Å². The van der Waals surface area contributed by atoms with Crippen LogP contribution in [0.3, 0.4) is 0 Å². The Kier molecular flexibility index (Phi) is 6.41. The fraction of sp³-hybridized carbons (Fsp3) is 0.650. The van der Waals surface area contributed by atoms with Crippen LogP contribution in [0.4, 0.5) is 0 Å². The minimum Gasteiger partial charge on any atom is -0.350 e. The summed E-state index contributed by atoms with van der Waals surface area (Å²) >= 11 is 0. The third-order valence-corrected chi connectivity index (χ3v) is 9.38. The van der Waals surface area contributed by atoms with Crippen LogP contribution in [0.25, 0.3) is 0 Å². The number of sulfonamides is 1. The van der Waals surface area contributed by atoms with Crippen molar-refractivity contribution in [3.05, 3.63) is 29.8 Å². The molecule has 1 atom stereocenters. The minimum absolute atomic E-state index is 0.00186. The van der Waals surface area contributed by atoms with Crippen LogP contribution >= 0.6 is 0 Å². The summed E-state index contributed by atoms with van der Waals surface area (Å²) in [6.45, 7) is 4.06. The molecule has 0 radical (unpaired) electrons. The second-order valence-electron chi connectivity index (χ2n) is 8.77. The standard InChI is InChI=1S/C20H30N2O5S2/c1-15-3-9-18(10-4-15)29(26,27)21-13-16-5-7-17(8-6-16)19(23)22-20(2)11-12-28(24,25)14-20/h3-4,9-10,16-17,21H,5-8,11-14H2,1-2H3,(H,22,23)/t16?,17?,20-/m1/s1. The van der Waals surface area contributed by atoms with E-state index in [4.69, 9.17) is 0 Å². The van der Waals surface area contributed by atoms with E-state index in [1.165, 1.54) is 0 Å². The molecule has 7 nitrogen and oxygen atoms in total. The molecule has 1 saturated carbocycles. The Morgan fingerprint density at radius 2 is 1.76 bits per heavy atom. The van der Waals surface area contributed by atoms with Crippen molar-refractivity contribution in [1.29, 1.82) is 0 Å². The quantitative estimate of drug-likeness (QED) is 0.698. The van der Waals surface area contributed by atoms with Gasteiger partial charge in [0.25, 0.3) is 0 Å². The average molecular weight is 443 g/mol. The Morgan fingerprint density at radius 1 is 1.14 bits per heavy atom. The Hall–Kier alpha value is -1.45. The second-order valence-corrected chi connectivity index (χ2v) is 12.7. The van der Waals surface area contributed by atoms with E-state index in [9.17, 15) is 21.6 Å². The Morgan fingerprint density at radius 3 is 2.31 bits per heavy atom. The lowest BCUT2D eigenvalue weighted by Gasteiger charge is -2.31. The number of hydrogen-bond donors (Lipinski definition) is 2. The molecule has 29 heavy (non-hydrogen) atoms. The topological polar surface area (TPSA) is 109 Å². The van der Waals surface area contributed by atoms with Gasteiger partial charge in [0, 0.05) is 12.5 Å². The van der Waals surface area contributed by atoms with E-state index in [0.29, 0.717) is 25.8 Å². The van der Waals surface area contributed by atoms with Gasteiger partial charge in [0.1, 0.15) is 0 Å². The monoisotopic (exact) mass is 442 g/mol. The van der Waals surface area contributed by atoms with E-state index < -0.39 is 25.4 Å². The summed E-state index contributed by atoms with van der Waals surface area (Å²) in [6, 6.07) is 6.74. The molecule has 2 aliphatic rings. The van der Waals surface area contributed by atoms with Crippen LogP contribution in [0, 0.1) is 18.8 Å². The van der Waals surface area contributed by atoms with Crippen LogP contribution in [0.15, 0.2) is 29.2 Å². The fourth-order valence-electron chi connectivity index (χ4n) is 4.17.